The third-order valence-electron chi connectivity index (χ3n) is 4.36. The van der Waals surface area contributed by atoms with E-state index < -0.39 is 0 Å². The molecule has 138 valence electrons. The predicted molar refractivity (Wildman–Crippen MR) is 107 cm³/mol. The third-order valence-corrected chi connectivity index (χ3v) is 4.36. The Balaban J connectivity index is 1.90. The van der Waals surface area contributed by atoms with Crippen molar-refractivity contribution in [2.24, 2.45) is 0 Å². The Morgan fingerprint density at radius 1 is 0.750 bits per heavy atom. The van der Waals surface area contributed by atoms with Crippen LogP contribution in [0.2, 0.25) is 0 Å². The molecular formula is C22H19N5O. The van der Waals surface area contributed by atoms with Crippen molar-refractivity contribution in [3.05, 3.63) is 103 Å². The Labute approximate surface area is 163 Å². The summed E-state index contributed by atoms with van der Waals surface area (Å²) in [5.74, 6) is 1.37. The summed E-state index contributed by atoms with van der Waals surface area (Å²) >= 11 is 0. The van der Waals surface area contributed by atoms with E-state index in [0.29, 0.717) is 5.88 Å². The van der Waals surface area contributed by atoms with E-state index in [0.717, 1.165) is 22.6 Å². The molecule has 0 N–H and O–H groups in total. The first-order valence-electron chi connectivity index (χ1n) is 8.87. The second-order valence-electron chi connectivity index (χ2n) is 6.09. The summed E-state index contributed by atoms with van der Waals surface area (Å²) in [7, 11) is 1.61. The Kier molecular flexibility index (Phi) is 5.20. The number of rotatable bonds is 6. The van der Waals surface area contributed by atoms with Gasteiger partial charge in [0.15, 0.2) is 0 Å². The molecule has 0 spiro atoms. The number of pyridine rings is 4. The molecule has 1 atom stereocenters. The Hall–Kier alpha value is -3.80. The van der Waals surface area contributed by atoms with Crippen molar-refractivity contribution < 1.29 is 4.74 Å². The first kappa shape index (κ1) is 17.6. The van der Waals surface area contributed by atoms with Crippen LogP contribution in [0.5, 0.6) is 5.88 Å². The summed E-state index contributed by atoms with van der Waals surface area (Å²) in [6, 6.07) is 17.4. The third kappa shape index (κ3) is 3.66. The van der Waals surface area contributed by atoms with Gasteiger partial charge in [0.1, 0.15) is 5.82 Å². The van der Waals surface area contributed by atoms with Crippen LogP contribution in [0.3, 0.4) is 0 Å². The number of nitrogens with zero attached hydrogens (tertiary/aromatic N) is 5. The van der Waals surface area contributed by atoms with Crippen LogP contribution in [0, 0.1) is 0 Å². The number of methoxy groups -OCH3 is 1. The number of aromatic nitrogens is 4. The van der Waals surface area contributed by atoms with Crippen molar-refractivity contribution in [3.8, 4) is 5.88 Å². The van der Waals surface area contributed by atoms with E-state index in [1.807, 2.05) is 73.2 Å². The number of hydrogen-bond acceptors (Lipinski definition) is 6. The molecule has 4 heterocycles. The zero-order valence-corrected chi connectivity index (χ0v) is 15.4. The fourth-order valence-corrected chi connectivity index (χ4v) is 3.11. The molecule has 4 aromatic rings. The maximum Gasteiger partial charge on any atom is 0.212 e. The summed E-state index contributed by atoms with van der Waals surface area (Å²) in [5, 5.41) is 0. The number of hydrogen-bond donors (Lipinski definition) is 0. The van der Waals surface area contributed by atoms with Crippen LogP contribution >= 0.6 is 0 Å². The lowest BCUT2D eigenvalue weighted by Crippen LogP contribution is -2.26. The van der Waals surface area contributed by atoms with Crippen LogP contribution in [-0.2, 0) is 0 Å². The van der Waals surface area contributed by atoms with Gasteiger partial charge in [-0.05, 0) is 47.5 Å². The molecule has 0 saturated heterocycles. The first-order chi connectivity index (χ1) is 13.9. The van der Waals surface area contributed by atoms with Crippen LogP contribution in [-0.4, -0.2) is 27.0 Å². The molecule has 0 bridgehead atoms. The van der Waals surface area contributed by atoms with Crippen LogP contribution in [0.1, 0.15) is 17.2 Å². The average molecular weight is 369 g/mol. The van der Waals surface area contributed by atoms with Gasteiger partial charge in [0.25, 0.3) is 0 Å². The van der Waals surface area contributed by atoms with Gasteiger partial charge in [0.2, 0.25) is 5.88 Å². The Morgan fingerprint density at radius 2 is 1.57 bits per heavy atom. The molecule has 6 nitrogen and oxygen atoms in total. The summed E-state index contributed by atoms with van der Waals surface area (Å²) < 4.78 is 5.22. The number of anilines is 2. The molecular weight excluding hydrogens is 350 g/mol. The average Bonchev–Trinajstić information content (AvgIpc) is 2.79. The quantitative estimate of drug-likeness (QED) is 0.507. The Bertz CT molecular complexity index is 956. The molecule has 0 radical (unpaired) electrons. The van der Waals surface area contributed by atoms with Gasteiger partial charge in [-0.3, -0.25) is 9.97 Å². The van der Waals surface area contributed by atoms with Crippen LogP contribution < -0.4 is 9.64 Å². The highest BCUT2D eigenvalue weighted by Gasteiger charge is 2.26. The van der Waals surface area contributed by atoms with Gasteiger partial charge in [-0.25, -0.2) is 9.97 Å². The van der Waals surface area contributed by atoms with Gasteiger partial charge < -0.3 is 9.64 Å². The highest BCUT2D eigenvalue weighted by molar-refractivity contribution is 5.63. The summed E-state index contributed by atoms with van der Waals surface area (Å²) in [6.07, 6.45) is 10.8. The van der Waals surface area contributed by atoms with Gasteiger partial charge in [0.05, 0.1) is 25.0 Å². The van der Waals surface area contributed by atoms with Gasteiger partial charge in [-0.1, -0.05) is 12.1 Å². The van der Waals surface area contributed by atoms with E-state index in [-0.39, 0.29) is 6.04 Å². The maximum absolute atomic E-state index is 5.22. The van der Waals surface area contributed by atoms with E-state index in [9.17, 15) is 0 Å². The SMILES string of the molecule is COc1ccc(C(c2cccnc2)N(c2cccnc2)c2ccccn2)cn1. The minimum absolute atomic E-state index is 0.189. The Morgan fingerprint density at radius 3 is 2.18 bits per heavy atom. The number of ether oxygens (including phenoxy) is 1. The maximum atomic E-state index is 5.22. The molecule has 0 aliphatic carbocycles. The van der Waals surface area contributed by atoms with Crippen LogP contribution in [0.15, 0.2) is 91.8 Å². The lowest BCUT2D eigenvalue weighted by Gasteiger charge is -2.33. The molecule has 0 aliphatic heterocycles. The van der Waals surface area contributed by atoms with Crippen molar-refractivity contribution in [2.45, 2.75) is 6.04 Å². The molecule has 1 unspecified atom stereocenters. The summed E-state index contributed by atoms with van der Waals surface area (Å²) in [4.78, 5) is 19.8. The lowest BCUT2D eigenvalue weighted by atomic mass is 9.99. The summed E-state index contributed by atoms with van der Waals surface area (Å²) in [5.41, 5.74) is 2.93. The second kappa shape index (κ2) is 8.26. The van der Waals surface area contributed by atoms with Gasteiger partial charge in [-0.15, -0.1) is 0 Å². The lowest BCUT2D eigenvalue weighted by molar-refractivity contribution is 0.397. The van der Waals surface area contributed by atoms with E-state index in [1.165, 1.54) is 0 Å². The molecule has 0 fully saturated rings. The van der Waals surface area contributed by atoms with Crippen molar-refractivity contribution >= 4 is 11.5 Å². The molecule has 28 heavy (non-hydrogen) atoms. The van der Waals surface area contributed by atoms with E-state index >= 15 is 0 Å². The topological polar surface area (TPSA) is 64.0 Å². The van der Waals surface area contributed by atoms with Gasteiger partial charge in [-0.2, -0.15) is 0 Å². The molecule has 0 saturated carbocycles. The standard InChI is InChI=1S/C22H19N5O/c1-28-21-10-9-18(15-26-21)22(17-6-4-11-23-14-17)27(19-7-5-12-24-16-19)20-8-2-3-13-25-20/h2-16,22H,1H3. The predicted octanol–water partition coefficient (Wildman–Crippen LogP) is 4.20. The van der Waals surface area contributed by atoms with E-state index in [2.05, 4.69) is 24.8 Å². The molecule has 4 rings (SSSR count). The highest BCUT2D eigenvalue weighted by Crippen LogP contribution is 2.37. The normalized spacial score (nSPS) is 11.6. The fraction of sp³-hybridized carbons (Fsp3) is 0.0909. The van der Waals surface area contributed by atoms with E-state index in [4.69, 9.17) is 4.74 Å². The zero-order valence-electron chi connectivity index (χ0n) is 15.4. The van der Waals surface area contributed by atoms with Crippen molar-refractivity contribution in [1.82, 2.24) is 19.9 Å². The van der Waals surface area contributed by atoms with Crippen molar-refractivity contribution in [1.29, 1.82) is 0 Å². The second-order valence-corrected chi connectivity index (χ2v) is 6.09. The monoisotopic (exact) mass is 369 g/mol. The fourth-order valence-electron chi connectivity index (χ4n) is 3.11. The minimum Gasteiger partial charge on any atom is -0.481 e. The highest BCUT2D eigenvalue weighted by atomic mass is 16.5. The largest absolute Gasteiger partial charge is 0.481 e. The van der Waals surface area contributed by atoms with Gasteiger partial charge in [0, 0.05) is 37.1 Å². The molecule has 0 aliphatic rings. The molecule has 6 heteroatoms. The van der Waals surface area contributed by atoms with Crippen LogP contribution in [0.4, 0.5) is 11.5 Å². The first-order valence-corrected chi connectivity index (χ1v) is 8.87. The molecule has 0 aromatic carbocycles. The smallest absolute Gasteiger partial charge is 0.212 e. The van der Waals surface area contributed by atoms with Crippen molar-refractivity contribution in [3.63, 3.8) is 0 Å². The summed E-state index contributed by atoms with van der Waals surface area (Å²) in [6.45, 7) is 0. The van der Waals surface area contributed by atoms with E-state index in [1.54, 1.807) is 25.7 Å². The molecule has 4 aromatic heterocycles. The van der Waals surface area contributed by atoms with Crippen LogP contribution in [0.25, 0.3) is 0 Å². The zero-order chi connectivity index (χ0) is 19.2. The minimum atomic E-state index is -0.189. The van der Waals surface area contributed by atoms with Gasteiger partial charge >= 0.3 is 0 Å². The molecule has 0 amide bonds. The van der Waals surface area contributed by atoms with Crippen molar-refractivity contribution in [2.75, 3.05) is 12.0 Å².